The van der Waals surface area contributed by atoms with Crippen LogP contribution in [-0.4, -0.2) is 28.9 Å². The van der Waals surface area contributed by atoms with Crippen LogP contribution in [0.1, 0.15) is 31.2 Å². The number of aromatic nitrogens is 1. The Balaban J connectivity index is 1.62. The van der Waals surface area contributed by atoms with Crippen molar-refractivity contribution >= 4 is 5.96 Å². The fraction of sp³-hybridized carbons (Fsp3) is 0.444. The third-order valence-corrected chi connectivity index (χ3v) is 4.37. The van der Waals surface area contributed by atoms with Crippen LogP contribution in [0.2, 0.25) is 0 Å². The molecular formula is C18H24N4O. The number of benzene rings is 1. The van der Waals surface area contributed by atoms with Crippen molar-refractivity contribution in [3.63, 3.8) is 0 Å². The Labute approximate surface area is 137 Å². The molecule has 1 aliphatic heterocycles. The van der Waals surface area contributed by atoms with Gasteiger partial charge in [0.1, 0.15) is 6.54 Å². The zero-order valence-corrected chi connectivity index (χ0v) is 13.8. The van der Waals surface area contributed by atoms with Gasteiger partial charge in [-0.25, -0.2) is 9.98 Å². The molecule has 0 spiro atoms. The first-order valence-corrected chi connectivity index (χ1v) is 8.18. The molecule has 0 saturated carbocycles. The van der Waals surface area contributed by atoms with Crippen molar-refractivity contribution in [1.82, 2.24) is 9.88 Å². The second-order valence-electron chi connectivity index (χ2n) is 6.33. The summed E-state index contributed by atoms with van der Waals surface area (Å²) in [5.41, 5.74) is 8.33. The monoisotopic (exact) mass is 312 g/mol. The van der Waals surface area contributed by atoms with Crippen LogP contribution < -0.4 is 5.73 Å². The summed E-state index contributed by atoms with van der Waals surface area (Å²) in [6.45, 7) is 6.69. The molecule has 5 heteroatoms. The third kappa shape index (κ3) is 3.92. The van der Waals surface area contributed by atoms with E-state index >= 15 is 0 Å². The van der Waals surface area contributed by atoms with E-state index in [9.17, 15) is 0 Å². The van der Waals surface area contributed by atoms with Gasteiger partial charge in [0.05, 0.1) is 6.20 Å². The van der Waals surface area contributed by atoms with Crippen LogP contribution in [0, 0.1) is 12.8 Å². The molecule has 2 aromatic rings. The molecule has 1 fully saturated rings. The van der Waals surface area contributed by atoms with E-state index < -0.39 is 0 Å². The lowest BCUT2D eigenvalue weighted by Gasteiger charge is -2.30. The summed E-state index contributed by atoms with van der Waals surface area (Å²) < 4.78 is 5.77. The summed E-state index contributed by atoms with van der Waals surface area (Å²) >= 11 is 0. The number of nitrogens with two attached hydrogens (primary N) is 1. The highest BCUT2D eigenvalue weighted by Gasteiger charge is 2.17. The molecule has 0 amide bonds. The Hall–Kier alpha value is -2.30. The van der Waals surface area contributed by atoms with Gasteiger partial charge < -0.3 is 15.1 Å². The Bertz CT molecular complexity index is 667. The Kier molecular flexibility index (Phi) is 4.65. The van der Waals surface area contributed by atoms with E-state index in [1.54, 1.807) is 6.20 Å². The SMILES string of the molecule is Cc1ccc(-c2cnc(CN=C(N)N3CCC(C)CC3)o2)cc1. The zero-order valence-electron chi connectivity index (χ0n) is 13.8. The molecule has 0 atom stereocenters. The molecule has 1 saturated heterocycles. The van der Waals surface area contributed by atoms with Gasteiger partial charge in [0.2, 0.25) is 5.89 Å². The number of nitrogens with zero attached hydrogens (tertiary/aromatic N) is 3. The number of likely N-dealkylation sites (tertiary alicyclic amines) is 1. The first-order chi connectivity index (χ1) is 11.1. The summed E-state index contributed by atoms with van der Waals surface area (Å²) in [5.74, 6) is 2.73. The van der Waals surface area contributed by atoms with Gasteiger partial charge in [0.15, 0.2) is 11.7 Å². The van der Waals surface area contributed by atoms with Crippen molar-refractivity contribution in [1.29, 1.82) is 0 Å². The average Bonchev–Trinajstić information content (AvgIpc) is 3.03. The topological polar surface area (TPSA) is 67.7 Å². The van der Waals surface area contributed by atoms with E-state index in [4.69, 9.17) is 10.2 Å². The van der Waals surface area contributed by atoms with Crippen LogP contribution in [-0.2, 0) is 6.54 Å². The van der Waals surface area contributed by atoms with Crippen LogP contribution in [0.5, 0.6) is 0 Å². The van der Waals surface area contributed by atoms with Crippen molar-refractivity contribution < 1.29 is 4.42 Å². The van der Waals surface area contributed by atoms with Crippen LogP contribution >= 0.6 is 0 Å². The molecular weight excluding hydrogens is 288 g/mol. The van der Waals surface area contributed by atoms with Crippen molar-refractivity contribution in [2.75, 3.05) is 13.1 Å². The second-order valence-corrected chi connectivity index (χ2v) is 6.33. The Morgan fingerprint density at radius 1 is 1.30 bits per heavy atom. The van der Waals surface area contributed by atoms with Gasteiger partial charge in [-0.05, 0) is 25.7 Å². The van der Waals surface area contributed by atoms with E-state index in [1.165, 1.54) is 18.4 Å². The van der Waals surface area contributed by atoms with Crippen LogP contribution in [0.3, 0.4) is 0 Å². The summed E-state index contributed by atoms with van der Waals surface area (Å²) in [6, 6.07) is 8.19. The molecule has 0 aliphatic carbocycles. The van der Waals surface area contributed by atoms with Gasteiger partial charge in [0, 0.05) is 18.7 Å². The van der Waals surface area contributed by atoms with Gasteiger partial charge in [-0.3, -0.25) is 0 Å². The number of aliphatic imine (C=N–C) groups is 1. The minimum atomic E-state index is 0.379. The first kappa shape index (κ1) is 15.6. The number of rotatable bonds is 3. The molecule has 1 aliphatic rings. The average molecular weight is 312 g/mol. The highest BCUT2D eigenvalue weighted by atomic mass is 16.4. The molecule has 1 aromatic heterocycles. The molecule has 5 nitrogen and oxygen atoms in total. The van der Waals surface area contributed by atoms with Crippen molar-refractivity contribution in [3.8, 4) is 11.3 Å². The number of oxazole rings is 1. The van der Waals surface area contributed by atoms with E-state index in [-0.39, 0.29) is 0 Å². The summed E-state index contributed by atoms with van der Waals surface area (Å²) in [6.07, 6.45) is 4.09. The van der Waals surface area contributed by atoms with Crippen LogP contribution in [0.4, 0.5) is 0 Å². The fourth-order valence-corrected chi connectivity index (χ4v) is 2.72. The molecule has 122 valence electrons. The molecule has 0 bridgehead atoms. The maximum absolute atomic E-state index is 6.08. The highest BCUT2D eigenvalue weighted by Crippen LogP contribution is 2.21. The number of guanidine groups is 1. The molecule has 0 radical (unpaired) electrons. The van der Waals surface area contributed by atoms with Gasteiger partial charge in [-0.15, -0.1) is 0 Å². The smallest absolute Gasteiger partial charge is 0.216 e. The third-order valence-electron chi connectivity index (χ3n) is 4.37. The van der Waals surface area contributed by atoms with Gasteiger partial charge in [-0.1, -0.05) is 36.8 Å². The summed E-state index contributed by atoms with van der Waals surface area (Å²) in [4.78, 5) is 10.9. The number of aryl methyl sites for hydroxylation is 1. The van der Waals surface area contributed by atoms with Gasteiger partial charge in [0.25, 0.3) is 0 Å². The quantitative estimate of drug-likeness (QED) is 0.698. The number of piperidine rings is 1. The maximum atomic E-state index is 6.08. The Morgan fingerprint density at radius 2 is 2.00 bits per heavy atom. The lowest BCUT2D eigenvalue weighted by molar-refractivity contribution is 0.277. The standard InChI is InChI=1S/C18H24N4O/c1-13-3-5-15(6-4-13)16-11-20-17(23-16)12-21-18(19)22-9-7-14(2)8-10-22/h3-6,11,14H,7-10,12H2,1-2H3,(H2,19,21). The number of hydrogen-bond acceptors (Lipinski definition) is 3. The second kappa shape index (κ2) is 6.86. The van der Waals surface area contributed by atoms with Crippen LogP contribution in [0.25, 0.3) is 11.3 Å². The van der Waals surface area contributed by atoms with Crippen molar-refractivity contribution in [2.45, 2.75) is 33.2 Å². The van der Waals surface area contributed by atoms with Crippen molar-refractivity contribution in [3.05, 3.63) is 41.9 Å². The highest BCUT2D eigenvalue weighted by molar-refractivity contribution is 5.78. The molecule has 3 rings (SSSR count). The van der Waals surface area contributed by atoms with Crippen molar-refractivity contribution in [2.24, 2.45) is 16.6 Å². The van der Waals surface area contributed by atoms with Crippen LogP contribution in [0.15, 0.2) is 39.9 Å². The maximum Gasteiger partial charge on any atom is 0.216 e. The largest absolute Gasteiger partial charge is 0.439 e. The predicted molar refractivity (Wildman–Crippen MR) is 92.0 cm³/mol. The number of hydrogen-bond donors (Lipinski definition) is 1. The van der Waals surface area contributed by atoms with E-state index in [0.29, 0.717) is 18.4 Å². The molecule has 23 heavy (non-hydrogen) atoms. The first-order valence-electron chi connectivity index (χ1n) is 8.18. The minimum Gasteiger partial charge on any atom is -0.439 e. The Morgan fingerprint density at radius 3 is 2.70 bits per heavy atom. The zero-order chi connectivity index (χ0) is 16.2. The van der Waals surface area contributed by atoms with E-state index in [0.717, 1.165) is 30.3 Å². The lowest BCUT2D eigenvalue weighted by Crippen LogP contribution is -2.42. The molecule has 2 N–H and O–H groups in total. The van der Waals surface area contributed by atoms with E-state index in [1.807, 2.05) is 12.1 Å². The summed E-state index contributed by atoms with van der Waals surface area (Å²) in [5, 5.41) is 0. The molecule has 2 heterocycles. The summed E-state index contributed by atoms with van der Waals surface area (Å²) in [7, 11) is 0. The van der Waals surface area contributed by atoms with Gasteiger partial charge in [-0.2, -0.15) is 0 Å². The lowest BCUT2D eigenvalue weighted by atomic mass is 10.00. The van der Waals surface area contributed by atoms with Gasteiger partial charge >= 0.3 is 0 Å². The van der Waals surface area contributed by atoms with E-state index in [2.05, 4.69) is 40.9 Å². The predicted octanol–water partition coefficient (Wildman–Crippen LogP) is 3.20. The molecule has 0 unspecified atom stereocenters. The fourth-order valence-electron chi connectivity index (χ4n) is 2.72. The minimum absolute atomic E-state index is 0.379. The molecule has 1 aromatic carbocycles. The normalized spacial score (nSPS) is 16.8.